The summed E-state index contributed by atoms with van der Waals surface area (Å²) >= 11 is 3.18. The maximum absolute atomic E-state index is 10.9. The predicted molar refractivity (Wildman–Crippen MR) is 84.0 cm³/mol. The lowest BCUT2D eigenvalue weighted by molar-refractivity contribution is -0.385. The number of anilines is 1. The molecular weight excluding hydrogens is 320 g/mol. The fraction of sp³-hybridized carbons (Fsp3) is 0.200. The second-order valence-electron chi connectivity index (χ2n) is 4.64. The molecule has 0 bridgehead atoms. The topological polar surface area (TPSA) is 55.2 Å². The summed E-state index contributed by atoms with van der Waals surface area (Å²) in [7, 11) is 0. The molecule has 0 saturated heterocycles. The van der Waals surface area contributed by atoms with E-state index in [0.717, 1.165) is 5.69 Å². The van der Waals surface area contributed by atoms with Crippen LogP contribution in [-0.4, -0.2) is 4.92 Å². The van der Waals surface area contributed by atoms with E-state index in [2.05, 4.69) is 47.2 Å². The van der Waals surface area contributed by atoms with Gasteiger partial charge in [-0.15, -0.1) is 0 Å². The number of nitrogens with zero attached hydrogens (tertiary/aromatic N) is 1. The van der Waals surface area contributed by atoms with Crippen molar-refractivity contribution in [2.45, 2.75) is 20.4 Å². The molecule has 0 heterocycles. The van der Waals surface area contributed by atoms with Crippen molar-refractivity contribution in [3.05, 3.63) is 67.7 Å². The molecule has 0 spiro atoms. The zero-order valence-electron chi connectivity index (χ0n) is 11.3. The Hall–Kier alpha value is -1.88. The highest BCUT2D eigenvalue weighted by Gasteiger charge is 2.12. The van der Waals surface area contributed by atoms with Crippen molar-refractivity contribution >= 4 is 27.3 Å². The normalized spacial score (nSPS) is 10.3. The molecule has 0 aromatic heterocycles. The monoisotopic (exact) mass is 334 g/mol. The lowest BCUT2D eigenvalue weighted by Crippen LogP contribution is -2.02. The highest BCUT2D eigenvalue weighted by atomic mass is 79.9. The van der Waals surface area contributed by atoms with Crippen LogP contribution in [0.3, 0.4) is 0 Å². The zero-order valence-corrected chi connectivity index (χ0v) is 12.9. The van der Waals surface area contributed by atoms with Crippen LogP contribution in [0.2, 0.25) is 0 Å². The molecule has 4 nitrogen and oxygen atoms in total. The third kappa shape index (κ3) is 3.17. The number of aryl methyl sites for hydroxylation is 1. The standard InChI is InChI=1S/C15H15BrN2O2/c1-10-4-3-5-12(11(10)2)9-17-13-6-7-14(16)15(8-13)18(19)20/h3-8,17H,9H2,1-2H3. The van der Waals surface area contributed by atoms with Crippen LogP contribution in [0.5, 0.6) is 0 Å². The third-order valence-electron chi connectivity index (χ3n) is 3.34. The molecule has 2 aromatic carbocycles. The van der Waals surface area contributed by atoms with Gasteiger partial charge in [0.1, 0.15) is 0 Å². The number of nitro benzene ring substituents is 1. The molecule has 0 radical (unpaired) electrons. The van der Waals surface area contributed by atoms with Gasteiger partial charge in [0.25, 0.3) is 5.69 Å². The highest BCUT2D eigenvalue weighted by Crippen LogP contribution is 2.28. The van der Waals surface area contributed by atoms with Crippen molar-refractivity contribution in [3.8, 4) is 0 Å². The van der Waals surface area contributed by atoms with Crippen molar-refractivity contribution < 1.29 is 4.92 Å². The summed E-state index contributed by atoms with van der Waals surface area (Å²) < 4.78 is 0.486. The Balaban J connectivity index is 2.17. The van der Waals surface area contributed by atoms with Gasteiger partial charge in [-0.1, -0.05) is 18.2 Å². The first-order valence-corrected chi connectivity index (χ1v) is 7.01. The predicted octanol–water partition coefficient (Wildman–Crippen LogP) is 4.59. The minimum atomic E-state index is -0.396. The summed E-state index contributed by atoms with van der Waals surface area (Å²) in [5.74, 6) is 0. The summed E-state index contributed by atoms with van der Waals surface area (Å²) in [6.45, 7) is 4.80. The lowest BCUT2D eigenvalue weighted by Gasteiger charge is -2.11. The average Bonchev–Trinajstić information content (AvgIpc) is 2.41. The number of nitrogens with one attached hydrogen (secondary N) is 1. The molecule has 2 aromatic rings. The van der Waals surface area contributed by atoms with Crippen LogP contribution in [0.15, 0.2) is 40.9 Å². The van der Waals surface area contributed by atoms with Gasteiger partial charge in [-0.2, -0.15) is 0 Å². The summed E-state index contributed by atoms with van der Waals surface area (Å²) in [5, 5.41) is 14.1. The van der Waals surface area contributed by atoms with Crippen LogP contribution in [0.25, 0.3) is 0 Å². The zero-order chi connectivity index (χ0) is 14.7. The molecule has 0 unspecified atom stereocenters. The van der Waals surface area contributed by atoms with Crippen LogP contribution >= 0.6 is 15.9 Å². The van der Waals surface area contributed by atoms with Gasteiger partial charge in [-0.25, -0.2) is 0 Å². The Morgan fingerprint density at radius 3 is 2.70 bits per heavy atom. The van der Waals surface area contributed by atoms with Gasteiger partial charge < -0.3 is 5.32 Å². The van der Waals surface area contributed by atoms with Gasteiger partial charge in [-0.05, 0) is 58.6 Å². The fourth-order valence-electron chi connectivity index (χ4n) is 1.96. The van der Waals surface area contributed by atoms with Crippen molar-refractivity contribution in [1.82, 2.24) is 0 Å². The molecule has 2 rings (SSSR count). The molecule has 5 heteroatoms. The summed E-state index contributed by atoms with van der Waals surface area (Å²) in [4.78, 5) is 10.5. The molecule has 0 atom stereocenters. The Labute approximate surface area is 126 Å². The molecule has 0 fully saturated rings. The second kappa shape index (κ2) is 6.05. The molecule has 0 saturated carbocycles. The number of nitro groups is 1. The van der Waals surface area contributed by atoms with Crippen molar-refractivity contribution in [2.75, 3.05) is 5.32 Å². The summed E-state index contributed by atoms with van der Waals surface area (Å²) in [6.07, 6.45) is 0. The average molecular weight is 335 g/mol. The van der Waals surface area contributed by atoms with Crippen LogP contribution in [0.4, 0.5) is 11.4 Å². The van der Waals surface area contributed by atoms with E-state index >= 15 is 0 Å². The number of halogens is 1. The Morgan fingerprint density at radius 2 is 2.00 bits per heavy atom. The highest BCUT2D eigenvalue weighted by molar-refractivity contribution is 9.10. The van der Waals surface area contributed by atoms with E-state index in [1.807, 2.05) is 12.1 Å². The molecule has 0 aliphatic rings. The molecule has 1 N–H and O–H groups in total. The van der Waals surface area contributed by atoms with Crippen molar-refractivity contribution in [3.63, 3.8) is 0 Å². The van der Waals surface area contributed by atoms with Crippen LogP contribution in [0, 0.1) is 24.0 Å². The van der Waals surface area contributed by atoms with Gasteiger partial charge >= 0.3 is 0 Å². The molecular formula is C15H15BrN2O2. The minimum absolute atomic E-state index is 0.0657. The molecule has 0 aliphatic heterocycles. The number of hydrogen-bond donors (Lipinski definition) is 1. The fourth-order valence-corrected chi connectivity index (χ4v) is 2.35. The molecule has 20 heavy (non-hydrogen) atoms. The largest absolute Gasteiger partial charge is 0.381 e. The van der Waals surface area contributed by atoms with Crippen LogP contribution < -0.4 is 5.32 Å². The van der Waals surface area contributed by atoms with E-state index in [9.17, 15) is 10.1 Å². The summed E-state index contributed by atoms with van der Waals surface area (Å²) in [5.41, 5.74) is 4.48. The second-order valence-corrected chi connectivity index (χ2v) is 5.49. The van der Waals surface area contributed by atoms with E-state index in [1.165, 1.54) is 22.8 Å². The first kappa shape index (κ1) is 14.5. The number of benzene rings is 2. The van der Waals surface area contributed by atoms with E-state index in [-0.39, 0.29) is 5.69 Å². The summed E-state index contributed by atoms with van der Waals surface area (Å²) in [6, 6.07) is 11.2. The van der Waals surface area contributed by atoms with Gasteiger partial charge in [0.05, 0.1) is 9.40 Å². The quantitative estimate of drug-likeness (QED) is 0.657. The van der Waals surface area contributed by atoms with Crippen molar-refractivity contribution in [2.24, 2.45) is 0 Å². The van der Waals surface area contributed by atoms with E-state index in [1.54, 1.807) is 6.07 Å². The Kier molecular flexibility index (Phi) is 4.39. The van der Waals surface area contributed by atoms with Gasteiger partial charge in [0, 0.05) is 18.3 Å². The maximum Gasteiger partial charge on any atom is 0.285 e. The maximum atomic E-state index is 10.9. The first-order chi connectivity index (χ1) is 9.49. The third-order valence-corrected chi connectivity index (χ3v) is 4.01. The van der Waals surface area contributed by atoms with Gasteiger partial charge in [0.2, 0.25) is 0 Å². The minimum Gasteiger partial charge on any atom is -0.381 e. The van der Waals surface area contributed by atoms with E-state index in [4.69, 9.17) is 0 Å². The smallest absolute Gasteiger partial charge is 0.285 e. The SMILES string of the molecule is Cc1cccc(CNc2ccc(Br)c([N+](=O)[O-])c2)c1C. The van der Waals surface area contributed by atoms with Gasteiger partial charge in [0.15, 0.2) is 0 Å². The van der Waals surface area contributed by atoms with Crippen LogP contribution in [0.1, 0.15) is 16.7 Å². The van der Waals surface area contributed by atoms with Gasteiger partial charge in [-0.3, -0.25) is 10.1 Å². The molecule has 0 aliphatic carbocycles. The number of hydrogen-bond acceptors (Lipinski definition) is 3. The molecule has 104 valence electrons. The van der Waals surface area contributed by atoms with Crippen LogP contribution in [-0.2, 0) is 6.54 Å². The van der Waals surface area contributed by atoms with E-state index in [0.29, 0.717) is 11.0 Å². The lowest BCUT2D eigenvalue weighted by atomic mass is 10.0. The Morgan fingerprint density at radius 1 is 1.25 bits per heavy atom. The first-order valence-electron chi connectivity index (χ1n) is 6.22. The number of rotatable bonds is 4. The Bertz CT molecular complexity index is 656. The van der Waals surface area contributed by atoms with Crippen molar-refractivity contribution in [1.29, 1.82) is 0 Å². The molecule has 0 amide bonds. The van der Waals surface area contributed by atoms with E-state index < -0.39 is 4.92 Å².